The van der Waals surface area contributed by atoms with Crippen molar-refractivity contribution in [3.05, 3.63) is 34.9 Å². The zero-order chi connectivity index (χ0) is 16.9. The fourth-order valence-corrected chi connectivity index (χ4v) is 3.10. The Morgan fingerprint density at radius 1 is 1.39 bits per heavy atom. The minimum absolute atomic E-state index is 0.0747. The summed E-state index contributed by atoms with van der Waals surface area (Å²) in [5.41, 5.74) is 0.986. The van der Waals surface area contributed by atoms with Crippen LogP contribution in [0.4, 0.5) is 0 Å². The Labute approximate surface area is 143 Å². The smallest absolute Gasteiger partial charge is 0.222 e. The first kappa shape index (κ1) is 18.2. The van der Waals surface area contributed by atoms with Gasteiger partial charge in [0.25, 0.3) is 0 Å². The highest BCUT2D eigenvalue weighted by atomic mass is 35.5. The van der Waals surface area contributed by atoms with Gasteiger partial charge in [-0.15, -0.1) is 0 Å². The van der Waals surface area contributed by atoms with Crippen molar-refractivity contribution in [1.82, 2.24) is 5.32 Å². The van der Waals surface area contributed by atoms with E-state index in [0.29, 0.717) is 24.8 Å². The van der Waals surface area contributed by atoms with Gasteiger partial charge in [-0.1, -0.05) is 37.6 Å². The van der Waals surface area contributed by atoms with E-state index >= 15 is 0 Å². The van der Waals surface area contributed by atoms with E-state index in [2.05, 4.69) is 11.4 Å². The second-order valence-electron chi connectivity index (χ2n) is 6.70. The number of hydrogen-bond donors (Lipinski definition) is 2. The van der Waals surface area contributed by atoms with Gasteiger partial charge in [-0.25, -0.2) is 0 Å². The molecule has 1 unspecified atom stereocenters. The summed E-state index contributed by atoms with van der Waals surface area (Å²) in [6.07, 6.45) is 1.23. The normalized spacial score (nSPS) is 18.7. The van der Waals surface area contributed by atoms with Crippen LogP contribution in [-0.2, 0) is 14.9 Å². The van der Waals surface area contributed by atoms with Crippen molar-refractivity contribution in [2.45, 2.75) is 44.6 Å². The Morgan fingerprint density at radius 3 is 2.70 bits per heavy atom. The van der Waals surface area contributed by atoms with Gasteiger partial charge in [0.2, 0.25) is 5.91 Å². The van der Waals surface area contributed by atoms with E-state index in [0.717, 1.165) is 18.4 Å². The van der Waals surface area contributed by atoms with E-state index in [1.807, 2.05) is 32.0 Å². The molecule has 1 fully saturated rings. The molecule has 0 spiro atoms. The van der Waals surface area contributed by atoms with Gasteiger partial charge in [0.15, 0.2) is 0 Å². The highest BCUT2D eigenvalue weighted by Gasteiger charge is 2.35. The van der Waals surface area contributed by atoms with Gasteiger partial charge >= 0.3 is 0 Å². The summed E-state index contributed by atoms with van der Waals surface area (Å²) in [5, 5.41) is 13.6. The zero-order valence-electron chi connectivity index (χ0n) is 13.8. The minimum Gasteiger partial charge on any atom is -0.392 e. The number of carbonyl (C=O) groups is 1. The molecule has 0 aromatic heterocycles. The number of rotatable bonds is 6. The second kappa shape index (κ2) is 8.13. The maximum atomic E-state index is 12.1. The van der Waals surface area contributed by atoms with E-state index in [9.17, 15) is 9.90 Å². The van der Waals surface area contributed by atoms with E-state index in [4.69, 9.17) is 16.3 Å². The number of aliphatic hydroxyl groups is 1. The Morgan fingerprint density at radius 2 is 2.09 bits per heavy atom. The van der Waals surface area contributed by atoms with Gasteiger partial charge in [0.05, 0.1) is 12.5 Å². The van der Waals surface area contributed by atoms with Crippen LogP contribution < -0.4 is 5.32 Å². The van der Waals surface area contributed by atoms with Crippen LogP contribution in [0.2, 0.25) is 5.02 Å². The number of halogens is 1. The molecule has 1 atom stereocenters. The van der Waals surface area contributed by atoms with Crippen LogP contribution in [-0.4, -0.2) is 36.9 Å². The van der Waals surface area contributed by atoms with Crippen LogP contribution >= 0.6 is 11.6 Å². The van der Waals surface area contributed by atoms with Crippen molar-refractivity contribution >= 4 is 17.5 Å². The molecule has 1 heterocycles. The molecule has 5 heteroatoms. The Hall–Kier alpha value is -1.10. The number of benzene rings is 1. The monoisotopic (exact) mass is 339 g/mol. The summed E-state index contributed by atoms with van der Waals surface area (Å²) in [7, 11) is 0. The molecule has 1 aromatic rings. The Kier molecular flexibility index (Phi) is 6.45. The molecule has 0 radical (unpaired) electrons. The lowest BCUT2D eigenvalue weighted by Crippen LogP contribution is -2.45. The molecule has 0 bridgehead atoms. The van der Waals surface area contributed by atoms with Gasteiger partial charge in [-0.05, 0) is 36.5 Å². The third-order valence-corrected chi connectivity index (χ3v) is 4.91. The largest absolute Gasteiger partial charge is 0.392 e. The standard InChI is InChI=1S/C18H26ClNO3/c1-13(2)16(21)11-17(22)20-12-18(6-8-23-9-7-18)14-4-3-5-15(19)10-14/h3-5,10,13,16,21H,6-9,11-12H2,1-2H3,(H,20,22). The van der Waals surface area contributed by atoms with Crippen LogP contribution in [0.1, 0.15) is 38.7 Å². The molecule has 1 aliphatic heterocycles. The summed E-state index contributed by atoms with van der Waals surface area (Å²) in [4.78, 5) is 12.1. The number of ether oxygens (including phenoxy) is 1. The lowest BCUT2D eigenvalue weighted by molar-refractivity contribution is -0.124. The van der Waals surface area contributed by atoms with E-state index in [-0.39, 0.29) is 23.7 Å². The van der Waals surface area contributed by atoms with Crippen molar-refractivity contribution in [3.63, 3.8) is 0 Å². The van der Waals surface area contributed by atoms with Crippen molar-refractivity contribution < 1.29 is 14.6 Å². The average molecular weight is 340 g/mol. The van der Waals surface area contributed by atoms with Crippen molar-refractivity contribution in [2.24, 2.45) is 5.92 Å². The number of nitrogens with one attached hydrogen (secondary N) is 1. The number of aliphatic hydroxyl groups excluding tert-OH is 1. The molecular weight excluding hydrogens is 314 g/mol. The third kappa shape index (κ3) is 4.93. The number of hydrogen-bond acceptors (Lipinski definition) is 3. The minimum atomic E-state index is -0.605. The molecule has 0 aliphatic carbocycles. The highest BCUT2D eigenvalue weighted by molar-refractivity contribution is 6.30. The van der Waals surface area contributed by atoms with Crippen molar-refractivity contribution in [3.8, 4) is 0 Å². The predicted octanol–water partition coefficient (Wildman–Crippen LogP) is 2.91. The second-order valence-corrected chi connectivity index (χ2v) is 7.13. The lowest BCUT2D eigenvalue weighted by atomic mass is 9.74. The molecule has 1 aliphatic rings. The lowest BCUT2D eigenvalue weighted by Gasteiger charge is -2.38. The van der Waals surface area contributed by atoms with Crippen LogP contribution in [0.15, 0.2) is 24.3 Å². The summed E-state index contributed by atoms with van der Waals surface area (Å²) in [6.45, 7) is 5.71. The summed E-state index contributed by atoms with van der Waals surface area (Å²) in [5.74, 6) is -0.0372. The topological polar surface area (TPSA) is 58.6 Å². The van der Waals surface area contributed by atoms with Gasteiger partial charge in [0.1, 0.15) is 0 Å². The maximum absolute atomic E-state index is 12.1. The Balaban J connectivity index is 2.06. The zero-order valence-corrected chi connectivity index (χ0v) is 14.6. The molecule has 128 valence electrons. The molecule has 1 amide bonds. The van der Waals surface area contributed by atoms with Gasteiger partial charge in [-0.2, -0.15) is 0 Å². The molecule has 2 rings (SSSR count). The van der Waals surface area contributed by atoms with E-state index < -0.39 is 6.10 Å². The molecule has 1 aromatic carbocycles. The fourth-order valence-electron chi connectivity index (χ4n) is 2.91. The van der Waals surface area contributed by atoms with Crippen molar-refractivity contribution in [2.75, 3.05) is 19.8 Å². The van der Waals surface area contributed by atoms with E-state index in [1.165, 1.54) is 0 Å². The first-order valence-electron chi connectivity index (χ1n) is 8.21. The summed E-state index contributed by atoms with van der Waals surface area (Å²) >= 11 is 6.14. The Bertz CT molecular complexity index is 527. The SMILES string of the molecule is CC(C)C(O)CC(=O)NCC1(c2cccc(Cl)c2)CCOCC1. The molecule has 23 heavy (non-hydrogen) atoms. The van der Waals surface area contributed by atoms with Crippen LogP contribution in [0, 0.1) is 5.92 Å². The number of amides is 1. The first-order valence-corrected chi connectivity index (χ1v) is 8.59. The van der Waals surface area contributed by atoms with E-state index in [1.54, 1.807) is 0 Å². The molecule has 4 nitrogen and oxygen atoms in total. The molecule has 0 saturated carbocycles. The maximum Gasteiger partial charge on any atom is 0.222 e. The average Bonchev–Trinajstić information content (AvgIpc) is 2.54. The van der Waals surface area contributed by atoms with Crippen molar-refractivity contribution in [1.29, 1.82) is 0 Å². The molecular formula is C18H26ClNO3. The van der Waals surface area contributed by atoms with Gasteiger partial charge in [-0.3, -0.25) is 4.79 Å². The number of carbonyl (C=O) groups excluding carboxylic acids is 1. The quantitative estimate of drug-likeness (QED) is 0.837. The first-order chi connectivity index (χ1) is 10.9. The highest BCUT2D eigenvalue weighted by Crippen LogP contribution is 2.35. The third-order valence-electron chi connectivity index (χ3n) is 4.67. The predicted molar refractivity (Wildman–Crippen MR) is 91.7 cm³/mol. The van der Waals surface area contributed by atoms with Gasteiger partial charge in [0, 0.05) is 30.2 Å². The summed E-state index contributed by atoms with van der Waals surface area (Å²) in [6, 6.07) is 7.84. The van der Waals surface area contributed by atoms with Gasteiger partial charge < -0.3 is 15.2 Å². The molecule has 2 N–H and O–H groups in total. The van der Waals surface area contributed by atoms with Crippen LogP contribution in [0.5, 0.6) is 0 Å². The summed E-state index contributed by atoms with van der Waals surface area (Å²) < 4.78 is 5.49. The van der Waals surface area contributed by atoms with Crippen LogP contribution in [0.3, 0.4) is 0 Å². The fraction of sp³-hybridized carbons (Fsp3) is 0.611. The van der Waals surface area contributed by atoms with Crippen LogP contribution in [0.25, 0.3) is 0 Å². The molecule has 1 saturated heterocycles.